The minimum atomic E-state index is -0.528. The van der Waals surface area contributed by atoms with Crippen LogP contribution in [0, 0.1) is 6.92 Å². The molecule has 2 aromatic rings. The van der Waals surface area contributed by atoms with Crippen LogP contribution in [0.4, 0.5) is 11.5 Å². The fourth-order valence-corrected chi connectivity index (χ4v) is 2.27. The Bertz CT molecular complexity index is 780. The second kappa shape index (κ2) is 9.47. The van der Waals surface area contributed by atoms with Crippen molar-refractivity contribution >= 4 is 23.4 Å². The van der Waals surface area contributed by atoms with Crippen molar-refractivity contribution in [2.75, 3.05) is 38.0 Å². The van der Waals surface area contributed by atoms with E-state index in [1.807, 2.05) is 0 Å². The number of ether oxygens (including phenoxy) is 2. The summed E-state index contributed by atoms with van der Waals surface area (Å²) in [6.45, 7) is 3.00. The first kappa shape index (κ1) is 19.3. The third kappa shape index (κ3) is 5.25. The summed E-state index contributed by atoms with van der Waals surface area (Å²) in [5.41, 5.74) is 0.827. The smallest absolute Gasteiger partial charge is 0.339 e. The van der Waals surface area contributed by atoms with Gasteiger partial charge in [0.15, 0.2) is 0 Å². The Kier molecular flexibility index (Phi) is 7.04. The summed E-state index contributed by atoms with van der Waals surface area (Å²) in [4.78, 5) is 32.8. The molecule has 1 aromatic heterocycles. The molecule has 1 heterocycles. The number of esters is 1. The number of benzene rings is 1. The summed E-state index contributed by atoms with van der Waals surface area (Å²) in [6.07, 6.45) is 0.813. The van der Waals surface area contributed by atoms with E-state index < -0.39 is 11.9 Å². The minimum Gasteiger partial charge on any atom is -0.465 e. The van der Waals surface area contributed by atoms with Crippen LogP contribution in [0.5, 0.6) is 0 Å². The third-order valence-electron chi connectivity index (χ3n) is 3.48. The molecule has 1 aromatic carbocycles. The van der Waals surface area contributed by atoms with E-state index in [4.69, 9.17) is 9.47 Å². The van der Waals surface area contributed by atoms with E-state index in [0.717, 1.165) is 6.42 Å². The van der Waals surface area contributed by atoms with Gasteiger partial charge in [0.05, 0.1) is 18.4 Å². The van der Waals surface area contributed by atoms with Gasteiger partial charge in [0.25, 0.3) is 5.91 Å². The average Bonchev–Trinajstić information content (AvgIpc) is 2.64. The first-order valence-electron chi connectivity index (χ1n) is 8.12. The molecule has 138 valence electrons. The zero-order chi connectivity index (χ0) is 18.9. The summed E-state index contributed by atoms with van der Waals surface area (Å²) in [5, 5.41) is 5.83. The zero-order valence-corrected chi connectivity index (χ0v) is 15.0. The molecular formula is C18H22N4O4. The van der Waals surface area contributed by atoms with E-state index in [1.165, 1.54) is 7.11 Å². The number of amides is 1. The molecule has 0 aliphatic heterocycles. The standard InChI is InChI=1S/C18H22N4O4/c1-12-20-15(11-16(21-12)19-9-6-10-25-2)17(23)22-14-8-5-4-7-13(14)18(24)26-3/h4-5,7-8,11H,6,9-10H2,1-3H3,(H,22,23)(H,19,20,21). The first-order valence-corrected chi connectivity index (χ1v) is 8.12. The predicted octanol–water partition coefficient (Wildman–Crippen LogP) is 2.27. The van der Waals surface area contributed by atoms with Crippen LogP contribution in [0.2, 0.25) is 0 Å². The second-order valence-electron chi connectivity index (χ2n) is 5.45. The molecule has 2 rings (SSSR count). The maximum absolute atomic E-state index is 12.6. The van der Waals surface area contributed by atoms with Gasteiger partial charge in [-0.05, 0) is 25.5 Å². The van der Waals surface area contributed by atoms with Crippen LogP contribution >= 0.6 is 0 Å². The van der Waals surface area contributed by atoms with E-state index in [1.54, 1.807) is 44.4 Å². The Morgan fingerprint density at radius 3 is 2.65 bits per heavy atom. The SMILES string of the molecule is COCCCNc1cc(C(=O)Nc2ccccc2C(=O)OC)nc(C)n1. The van der Waals surface area contributed by atoms with Gasteiger partial charge in [0.2, 0.25) is 0 Å². The number of hydrogen-bond acceptors (Lipinski definition) is 7. The van der Waals surface area contributed by atoms with Crippen molar-refractivity contribution in [1.82, 2.24) is 9.97 Å². The van der Waals surface area contributed by atoms with E-state index >= 15 is 0 Å². The number of carbonyl (C=O) groups is 2. The number of methoxy groups -OCH3 is 2. The molecule has 0 radical (unpaired) electrons. The van der Waals surface area contributed by atoms with E-state index in [2.05, 4.69) is 20.6 Å². The van der Waals surface area contributed by atoms with Crippen molar-refractivity contribution in [3.05, 3.63) is 47.4 Å². The van der Waals surface area contributed by atoms with E-state index in [9.17, 15) is 9.59 Å². The lowest BCUT2D eigenvalue weighted by atomic mass is 10.1. The van der Waals surface area contributed by atoms with Gasteiger partial charge in [-0.25, -0.2) is 14.8 Å². The number of carbonyl (C=O) groups excluding carboxylic acids is 2. The Balaban J connectivity index is 2.15. The number of nitrogens with one attached hydrogen (secondary N) is 2. The molecule has 0 unspecified atom stereocenters. The highest BCUT2D eigenvalue weighted by Crippen LogP contribution is 2.17. The highest BCUT2D eigenvalue weighted by atomic mass is 16.5. The van der Waals surface area contributed by atoms with Gasteiger partial charge in [0, 0.05) is 26.3 Å². The Hall–Kier alpha value is -3.00. The molecule has 26 heavy (non-hydrogen) atoms. The molecule has 2 N–H and O–H groups in total. The van der Waals surface area contributed by atoms with Crippen LogP contribution in [0.1, 0.15) is 33.1 Å². The van der Waals surface area contributed by atoms with Crippen LogP contribution in [0.25, 0.3) is 0 Å². The number of aryl methyl sites for hydroxylation is 1. The van der Waals surface area contributed by atoms with Crippen molar-refractivity contribution < 1.29 is 19.1 Å². The van der Waals surface area contributed by atoms with Gasteiger partial charge < -0.3 is 20.1 Å². The van der Waals surface area contributed by atoms with Gasteiger partial charge in [-0.3, -0.25) is 4.79 Å². The lowest BCUT2D eigenvalue weighted by molar-refractivity contribution is 0.0602. The lowest BCUT2D eigenvalue weighted by Gasteiger charge is -2.11. The molecule has 0 spiro atoms. The van der Waals surface area contributed by atoms with E-state index in [-0.39, 0.29) is 11.3 Å². The molecule has 8 heteroatoms. The van der Waals surface area contributed by atoms with Crippen molar-refractivity contribution in [1.29, 1.82) is 0 Å². The summed E-state index contributed by atoms with van der Waals surface area (Å²) < 4.78 is 9.73. The quantitative estimate of drug-likeness (QED) is 0.551. The topological polar surface area (TPSA) is 102 Å². The molecule has 0 bridgehead atoms. The number of rotatable bonds is 8. The molecular weight excluding hydrogens is 336 g/mol. The van der Waals surface area contributed by atoms with Crippen molar-refractivity contribution in [3.63, 3.8) is 0 Å². The van der Waals surface area contributed by atoms with Gasteiger partial charge in [-0.1, -0.05) is 12.1 Å². The minimum absolute atomic E-state index is 0.200. The molecule has 1 amide bonds. The number of nitrogens with zero attached hydrogens (tertiary/aromatic N) is 2. The van der Waals surface area contributed by atoms with Crippen molar-refractivity contribution in [2.24, 2.45) is 0 Å². The van der Waals surface area contributed by atoms with Crippen LogP contribution in [0.3, 0.4) is 0 Å². The van der Waals surface area contributed by atoms with Gasteiger partial charge >= 0.3 is 5.97 Å². The number of hydrogen-bond donors (Lipinski definition) is 2. The molecule has 0 aliphatic rings. The Morgan fingerprint density at radius 1 is 1.15 bits per heavy atom. The van der Waals surface area contributed by atoms with Crippen LogP contribution in [-0.4, -0.2) is 49.2 Å². The fourth-order valence-electron chi connectivity index (χ4n) is 2.27. The first-order chi connectivity index (χ1) is 12.5. The monoisotopic (exact) mass is 358 g/mol. The van der Waals surface area contributed by atoms with Gasteiger partial charge in [0.1, 0.15) is 17.3 Å². The molecule has 0 saturated heterocycles. The number of anilines is 2. The summed E-state index contributed by atoms with van der Waals surface area (Å²) in [7, 11) is 2.93. The highest BCUT2D eigenvalue weighted by Gasteiger charge is 2.16. The maximum atomic E-state index is 12.6. The normalized spacial score (nSPS) is 10.3. The van der Waals surface area contributed by atoms with Crippen LogP contribution in [-0.2, 0) is 9.47 Å². The van der Waals surface area contributed by atoms with E-state index in [0.29, 0.717) is 30.5 Å². The largest absolute Gasteiger partial charge is 0.465 e. The zero-order valence-electron chi connectivity index (χ0n) is 15.0. The average molecular weight is 358 g/mol. The summed E-state index contributed by atoms with van der Waals surface area (Å²) in [5.74, 6) is 0.0558. The Labute approximate surface area is 151 Å². The van der Waals surface area contributed by atoms with Crippen molar-refractivity contribution in [3.8, 4) is 0 Å². The lowest BCUT2D eigenvalue weighted by Crippen LogP contribution is -2.18. The predicted molar refractivity (Wildman–Crippen MR) is 97.5 cm³/mol. The second-order valence-corrected chi connectivity index (χ2v) is 5.45. The molecule has 0 aliphatic carbocycles. The molecule has 8 nitrogen and oxygen atoms in total. The van der Waals surface area contributed by atoms with Crippen molar-refractivity contribution in [2.45, 2.75) is 13.3 Å². The number of para-hydroxylation sites is 1. The molecule has 0 atom stereocenters. The summed E-state index contributed by atoms with van der Waals surface area (Å²) in [6, 6.07) is 8.18. The van der Waals surface area contributed by atoms with Crippen LogP contribution < -0.4 is 10.6 Å². The molecule has 0 saturated carbocycles. The summed E-state index contributed by atoms with van der Waals surface area (Å²) >= 11 is 0. The van der Waals surface area contributed by atoms with Crippen LogP contribution in [0.15, 0.2) is 30.3 Å². The fraction of sp³-hybridized carbons (Fsp3) is 0.333. The number of aromatic nitrogens is 2. The van der Waals surface area contributed by atoms with Gasteiger partial charge in [-0.15, -0.1) is 0 Å². The maximum Gasteiger partial charge on any atom is 0.339 e. The highest BCUT2D eigenvalue weighted by molar-refractivity contribution is 6.07. The third-order valence-corrected chi connectivity index (χ3v) is 3.48. The Morgan fingerprint density at radius 2 is 1.92 bits per heavy atom. The van der Waals surface area contributed by atoms with Gasteiger partial charge in [-0.2, -0.15) is 0 Å². The molecule has 0 fully saturated rings.